The van der Waals surface area contributed by atoms with E-state index in [1.165, 1.54) is 12.5 Å². The van der Waals surface area contributed by atoms with Crippen molar-refractivity contribution in [3.63, 3.8) is 0 Å². The number of benzene rings is 2. The van der Waals surface area contributed by atoms with Crippen LogP contribution in [0.25, 0.3) is 0 Å². The van der Waals surface area contributed by atoms with E-state index in [0.29, 0.717) is 17.7 Å². The van der Waals surface area contributed by atoms with Gasteiger partial charge in [0.2, 0.25) is 0 Å². The van der Waals surface area contributed by atoms with E-state index >= 15 is 0 Å². The standard InChI is InChI=1S/C19H24O4S.Na/c1-2-3-4-5-7-11-16-12-10-15-18(19(16)24(20,21)22)23-17-13-8-6-9-14-17;/h6,8-10,12-15H,2-5,7,11H2,1H3,(H,20,21,22);/q;+1/p-1. The maximum absolute atomic E-state index is 11.8. The fourth-order valence-electron chi connectivity index (χ4n) is 2.66. The largest absolute Gasteiger partial charge is 1.00 e. The second-order valence-corrected chi connectivity index (χ2v) is 7.09. The predicted octanol–water partition coefficient (Wildman–Crippen LogP) is 1.90. The van der Waals surface area contributed by atoms with Crippen LogP contribution in [-0.4, -0.2) is 13.0 Å². The molecule has 0 atom stereocenters. The van der Waals surface area contributed by atoms with Gasteiger partial charge in [0.1, 0.15) is 26.5 Å². The molecule has 130 valence electrons. The van der Waals surface area contributed by atoms with Crippen molar-refractivity contribution in [2.45, 2.75) is 50.3 Å². The van der Waals surface area contributed by atoms with Crippen LogP contribution >= 0.6 is 0 Å². The third-order valence-electron chi connectivity index (χ3n) is 3.83. The van der Waals surface area contributed by atoms with E-state index in [1.54, 1.807) is 36.4 Å². The van der Waals surface area contributed by atoms with Crippen LogP contribution in [0.15, 0.2) is 53.4 Å². The fraction of sp³-hybridized carbons (Fsp3) is 0.368. The molecule has 0 fully saturated rings. The van der Waals surface area contributed by atoms with Gasteiger partial charge in [0.25, 0.3) is 0 Å². The van der Waals surface area contributed by atoms with Crippen LogP contribution in [0.2, 0.25) is 0 Å². The minimum absolute atomic E-state index is 0. The average Bonchev–Trinajstić information content (AvgIpc) is 2.54. The molecule has 0 aliphatic rings. The van der Waals surface area contributed by atoms with Crippen molar-refractivity contribution in [2.75, 3.05) is 0 Å². The summed E-state index contributed by atoms with van der Waals surface area (Å²) in [4.78, 5) is -0.232. The van der Waals surface area contributed by atoms with E-state index in [-0.39, 0.29) is 40.2 Å². The Balaban J connectivity index is 0.00000312. The Bertz CT molecular complexity index is 745. The van der Waals surface area contributed by atoms with Gasteiger partial charge in [-0.05, 0) is 36.6 Å². The van der Waals surface area contributed by atoms with Gasteiger partial charge in [-0.25, -0.2) is 8.42 Å². The molecule has 2 aromatic carbocycles. The van der Waals surface area contributed by atoms with Gasteiger partial charge in [-0.1, -0.05) is 62.9 Å². The number of aryl methyl sites for hydroxylation is 1. The zero-order chi connectivity index (χ0) is 17.4. The van der Waals surface area contributed by atoms with Gasteiger partial charge in [0.05, 0.1) is 0 Å². The molecule has 25 heavy (non-hydrogen) atoms. The Kier molecular flexibility index (Phi) is 9.75. The Morgan fingerprint density at radius 3 is 2.24 bits per heavy atom. The molecule has 0 aliphatic heterocycles. The van der Waals surface area contributed by atoms with Gasteiger partial charge in [-0.2, -0.15) is 0 Å². The molecular weight excluding hydrogens is 347 g/mol. The Hall–Kier alpha value is -0.850. The predicted molar refractivity (Wildman–Crippen MR) is 93.4 cm³/mol. The normalized spacial score (nSPS) is 11.0. The third-order valence-corrected chi connectivity index (χ3v) is 4.79. The summed E-state index contributed by atoms with van der Waals surface area (Å²) in [6.45, 7) is 2.15. The van der Waals surface area contributed by atoms with Crippen molar-refractivity contribution in [1.82, 2.24) is 0 Å². The van der Waals surface area contributed by atoms with E-state index in [0.717, 1.165) is 25.7 Å². The quantitative estimate of drug-likeness (QED) is 0.384. The second kappa shape index (κ2) is 11.0. The van der Waals surface area contributed by atoms with Crippen LogP contribution < -0.4 is 34.3 Å². The number of rotatable bonds is 9. The smallest absolute Gasteiger partial charge is 0.744 e. The maximum Gasteiger partial charge on any atom is 1.00 e. The molecule has 6 heteroatoms. The first-order chi connectivity index (χ1) is 11.5. The first kappa shape index (κ1) is 22.2. The van der Waals surface area contributed by atoms with Crippen molar-refractivity contribution in [2.24, 2.45) is 0 Å². The molecule has 0 amide bonds. The van der Waals surface area contributed by atoms with Gasteiger partial charge in [0, 0.05) is 0 Å². The topological polar surface area (TPSA) is 66.4 Å². The van der Waals surface area contributed by atoms with E-state index in [9.17, 15) is 13.0 Å². The molecule has 4 nitrogen and oxygen atoms in total. The minimum atomic E-state index is -4.61. The van der Waals surface area contributed by atoms with Gasteiger partial charge in [0.15, 0.2) is 0 Å². The van der Waals surface area contributed by atoms with Gasteiger partial charge in [-0.3, -0.25) is 0 Å². The van der Waals surface area contributed by atoms with E-state index in [4.69, 9.17) is 4.74 Å². The van der Waals surface area contributed by atoms with Crippen molar-refractivity contribution >= 4 is 10.1 Å². The van der Waals surface area contributed by atoms with Crippen LogP contribution in [0.3, 0.4) is 0 Å². The van der Waals surface area contributed by atoms with Crippen molar-refractivity contribution in [1.29, 1.82) is 0 Å². The summed E-state index contributed by atoms with van der Waals surface area (Å²) >= 11 is 0. The maximum atomic E-state index is 11.8. The second-order valence-electron chi connectivity index (χ2n) is 5.78. The first-order valence-corrected chi connectivity index (χ1v) is 9.74. The van der Waals surface area contributed by atoms with Crippen molar-refractivity contribution in [3.8, 4) is 11.5 Å². The SMILES string of the molecule is CCCCCCCc1cccc(Oc2ccccc2)c1S(=O)(=O)[O-].[Na+]. The van der Waals surface area contributed by atoms with Crippen LogP contribution in [-0.2, 0) is 16.5 Å². The molecule has 0 bridgehead atoms. The molecule has 0 heterocycles. The average molecular weight is 370 g/mol. The summed E-state index contributed by atoms with van der Waals surface area (Å²) in [5, 5.41) is 0. The van der Waals surface area contributed by atoms with Crippen LogP contribution in [0.4, 0.5) is 0 Å². The zero-order valence-corrected chi connectivity index (χ0v) is 17.7. The molecule has 2 aromatic rings. The number of hydrogen-bond donors (Lipinski definition) is 0. The summed E-state index contributed by atoms with van der Waals surface area (Å²) in [6, 6.07) is 13.8. The van der Waals surface area contributed by atoms with Crippen molar-refractivity contribution < 1.29 is 47.3 Å². The molecule has 2 rings (SSSR count). The Labute approximate surface area is 172 Å². The molecule has 0 unspecified atom stereocenters. The summed E-state index contributed by atoms with van der Waals surface area (Å²) in [5.41, 5.74) is 0.537. The minimum Gasteiger partial charge on any atom is -0.744 e. The molecule has 0 saturated heterocycles. The number of hydrogen-bond acceptors (Lipinski definition) is 4. The van der Waals surface area contributed by atoms with Crippen LogP contribution in [0.1, 0.15) is 44.6 Å². The summed E-state index contributed by atoms with van der Waals surface area (Å²) in [5.74, 6) is 0.602. The number of unbranched alkanes of at least 4 members (excludes halogenated alkanes) is 4. The molecular formula is C19H23NaO4S. The fourth-order valence-corrected chi connectivity index (χ4v) is 3.50. The molecule has 0 aromatic heterocycles. The van der Waals surface area contributed by atoms with Gasteiger partial charge in [-0.15, -0.1) is 0 Å². The number of para-hydroxylation sites is 1. The molecule has 0 spiro atoms. The van der Waals surface area contributed by atoms with E-state index < -0.39 is 10.1 Å². The van der Waals surface area contributed by atoms with E-state index in [1.807, 2.05) is 6.07 Å². The van der Waals surface area contributed by atoms with E-state index in [2.05, 4.69) is 6.92 Å². The molecule has 0 N–H and O–H groups in total. The van der Waals surface area contributed by atoms with Crippen LogP contribution in [0.5, 0.6) is 11.5 Å². The van der Waals surface area contributed by atoms with Gasteiger partial charge >= 0.3 is 29.6 Å². The van der Waals surface area contributed by atoms with Crippen LogP contribution in [0, 0.1) is 0 Å². The van der Waals surface area contributed by atoms with Gasteiger partial charge < -0.3 is 9.29 Å². The third kappa shape index (κ3) is 7.12. The Morgan fingerprint density at radius 1 is 0.920 bits per heavy atom. The summed E-state index contributed by atoms with van der Waals surface area (Å²) < 4.78 is 40.9. The summed E-state index contributed by atoms with van der Waals surface area (Å²) in [7, 11) is -4.61. The number of ether oxygens (including phenoxy) is 1. The molecule has 0 saturated carbocycles. The summed E-state index contributed by atoms with van der Waals surface area (Å²) in [6.07, 6.45) is 5.89. The zero-order valence-electron chi connectivity index (χ0n) is 14.9. The monoisotopic (exact) mass is 370 g/mol. The molecule has 0 aliphatic carbocycles. The Morgan fingerprint density at radius 2 is 1.60 bits per heavy atom. The van der Waals surface area contributed by atoms with Crippen molar-refractivity contribution in [3.05, 3.63) is 54.1 Å². The first-order valence-electron chi connectivity index (χ1n) is 8.33. The molecule has 0 radical (unpaired) electrons.